The maximum atomic E-state index is 12.1. The molecule has 1 saturated heterocycles. The SMILES string of the molecule is C[C@@H]1CCCC[C@@H]1OCCNC(=O)[C@@H]1CCCN1S(C)(=O)=O. The minimum absolute atomic E-state index is 0.205. The smallest absolute Gasteiger partial charge is 0.238 e. The molecule has 128 valence electrons. The molecule has 2 fully saturated rings. The van der Waals surface area contributed by atoms with Crippen LogP contribution in [-0.2, 0) is 19.6 Å². The lowest BCUT2D eigenvalue weighted by atomic mass is 9.88. The number of sulfonamides is 1. The monoisotopic (exact) mass is 332 g/mol. The molecule has 1 saturated carbocycles. The lowest BCUT2D eigenvalue weighted by molar-refractivity contribution is -0.124. The van der Waals surface area contributed by atoms with Crippen molar-refractivity contribution < 1.29 is 17.9 Å². The predicted octanol–water partition coefficient (Wildman–Crippen LogP) is 1.12. The quantitative estimate of drug-likeness (QED) is 0.740. The molecule has 1 N–H and O–H groups in total. The topological polar surface area (TPSA) is 75.7 Å². The highest BCUT2D eigenvalue weighted by Gasteiger charge is 2.36. The van der Waals surface area contributed by atoms with Gasteiger partial charge in [0.05, 0.1) is 19.0 Å². The molecule has 0 aromatic carbocycles. The summed E-state index contributed by atoms with van der Waals surface area (Å²) < 4.78 is 30.4. The maximum Gasteiger partial charge on any atom is 0.238 e. The summed E-state index contributed by atoms with van der Waals surface area (Å²) in [6, 6.07) is -0.552. The van der Waals surface area contributed by atoms with Crippen LogP contribution in [0.3, 0.4) is 0 Å². The molecule has 2 aliphatic rings. The Kier molecular flexibility index (Phi) is 6.23. The van der Waals surface area contributed by atoms with Gasteiger partial charge in [-0.05, 0) is 31.6 Å². The van der Waals surface area contributed by atoms with Crippen molar-refractivity contribution in [3.05, 3.63) is 0 Å². The van der Waals surface area contributed by atoms with E-state index in [1.165, 1.54) is 23.6 Å². The Morgan fingerprint density at radius 3 is 2.64 bits per heavy atom. The molecule has 0 unspecified atom stereocenters. The first-order valence-electron chi connectivity index (χ1n) is 8.25. The van der Waals surface area contributed by atoms with E-state index in [-0.39, 0.29) is 5.91 Å². The fraction of sp³-hybridized carbons (Fsp3) is 0.933. The van der Waals surface area contributed by atoms with Crippen LogP contribution in [0, 0.1) is 5.92 Å². The summed E-state index contributed by atoms with van der Waals surface area (Å²) in [5, 5.41) is 2.81. The van der Waals surface area contributed by atoms with Crippen LogP contribution in [-0.4, -0.2) is 56.7 Å². The molecule has 1 aliphatic carbocycles. The van der Waals surface area contributed by atoms with Gasteiger partial charge in [0.15, 0.2) is 0 Å². The van der Waals surface area contributed by atoms with Crippen LogP contribution in [0.15, 0.2) is 0 Å². The van der Waals surface area contributed by atoms with Crippen molar-refractivity contribution in [3.8, 4) is 0 Å². The zero-order valence-corrected chi connectivity index (χ0v) is 14.4. The van der Waals surface area contributed by atoms with Gasteiger partial charge in [0, 0.05) is 13.1 Å². The van der Waals surface area contributed by atoms with Crippen molar-refractivity contribution in [1.29, 1.82) is 0 Å². The third-order valence-electron chi connectivity index (χ3n) is 4.70. The summed E-state index contributed by atoms with van der Waals surface area (Å²) in [5.41, 5.74) is 0. The Hall–Kier alpha value is -0.660. The second-order valence-corrected chi connectivity index (χ2v) is 8.43. The zero-order valence-electron chi connectivity index (χ0n) is 13.6. The van der Waals surface area contributed by atoms with Gasteiger partial charge in [-0.1, -0.05) is 19.8 Å². The molecular weight excluding hydrogens is 304 g/mol. The first-order chi connectivity index (χ1) is 10.4. The molecule has 0 aromatic heterocycles. The number of hydrogen-bond acceptors (Lipinski definition) is 4. The Labute approximate surface area is 133 Å². The van der Waals surface area contributed by atoms with E-state index in [1.54, 1.807) is 0 Å². The Bertz CT molecular complexity index is 480. The molecule has 0 bridgehead atoms. The first-order valence-corrected chi connectivity index (χ1v) is 10.1. The Morgan fingerprint density at radius 1 is 1.23 bits per heavy atom. The number of ether oxygens (including phenoxy) is 1. The summed E-state index contributed by atoms with van der Waals surface area (Å²) in [5.74, 6) is 0.378. The van der Waals surface area contributed by atoms with Gasteiger partial charge < -0.3 is 10.1 Å². The number of nitrogens with zero attached hydrogens (tertiary/aromatic N) is 1. The van der Waals surface area contributed by atoms with E-state index in [9.17, 15) is 13.2 Å². The van der Waals surface area contributed by atoms with Crippen LogP contribution < -0.4 is 5.32 Å². The standard InChI is InChI=1S/C15H28N2O4S/c1-12-6-3-4-8-14(12)21-11-9-16-15(18)13-7-5-10-17(13)22(2,19)20/h12-14H,3-11H2,1-2H3,(H,16,18)/t12-,13+,14+/m1/s1. The van der Waals surface area contributed by atoms with Crippen LogP contribution >= 0.6 is 0 Å². The molecule has 1 aliphatic heterocycles. The summed E-state index contributed by atoms with van der Waals surface area (Å²) in [7, 11) is -3.31. The summed E-state index contributed by atoms with van der Waals surface area (Å²) in [6.45, 7) is 3.58. The number of carbonyl (C=O) groups excluding carboxylic acids is 1. The summed E-state index contributed by atoms with van der Waals surface area (Å²) in [6.07, 6.45) is 7.59. The van der Waals surface area contributed by atoms with Crippen molar-refractivity contribution in [2.24, 2.45) is 5.92 Å². The molecule has 0 aromatic rings. The van der Waals surface area contributed by atoms with E-state index in [4.69, 9.17) is 4.74 Å². The lowest BCUT2D eigenvalue weighted by Crippen LogP contribution is -2.46. The van der Waals surface area contributed by atoms with E-state index >= 15 is 0 Å². The van der Waals surface area contributed by atoms with Gasteiger partial charge in [0.2, 0.25) is 15.9 Å². The van der Waals surface area contributed by atoms with Gasteiger partial charge >= 0.3 is 0 Å². The Balaban J connectivity index is 1.71. The third-order valence-corrected chi connectivity index (χ3v) is 5.99. The minimum atomic E-state index is -3.31. The van der Waals surface area contributed by atoms with Crippen molar-refractivity contribution in [2.45, 2.75) is 57.6 Å². The maximum absolute atomic E-state index is 12.1. The number of amides is 1. The molecule has 6 nitrogen and oxygen atoms in total. The van der Waals surface area contributed by atoms with Crippen LogP contribution in [0.4, 0.5) is 0 Å². The number of nitrogens with one attached hydrogen (secondary N) is 1. The second-order valence-electron chi connectivity index (χ2n) is 6.49. The molecule has 0 spiro atoms. The molecule has 7 heteroatoms. The normalized spacial score (nSPS) is 30.4. The van der Waals surface area contributed by atoms with Gasteiger partial charge in [-0.25, -0.2) is 8.42 Å². The molecule has 1 heterocycles. The highest BCUT2D eigenvalue weighted by Crippen LogP contribution is 2.26. The van der Waals surface area contributed by atoms with Gasteiger partial charge in [-0.15, -0.1) is 0 Å². The fourth-order valence-corrected chi connectivity index (χ4v) is 4.56. The summed E-state index contributed by atoms with van der Waals surface area (Å²) in [4.78, 5) is 12.1. The van der Waals surface area contributed by atoms with Crippen LogP contribution in [0.2, 0.25) is 0 Å². The van der Waals surface area contributed by atoms with Gasteiger partial charge in [0.1, 0.15) is 6.04 Å². The van der Waals surface area contributed by atoms with Crippen LogP contribution in [0.5, 0.6) is 0 Å². The van der Waals surface area contributed by atoms with E-state index in [0.29, 0.717) is 38.1 Å². The van der Waals surface area contributed by atoms with E-state index in [0.717, 1.165) is 19.1 Å². The van der Waals surface area contributed by atoms with Gasteiger partial charge in [-0.3, -0.25) is 4.79 Å². The molecule has 22 heavy (non-hydrogen) atoms. The Morgan fingerprint density at radius 2 is 1.95 bits per heavy atom. The van der Waals surface area contributed by atoms with Crippen molar-refractivity contribution in [2.75, 3.05) is 26.0 Å². The van der Waals surface area contributed by atoms with E-state index < -0.39 is 16.1 Å². The highest BCUT2D eigenvalue weighted by atomic mass is 32.2. The molecular formula is C15H28N2O4S. The highest BCUT2D eigenvalue weighted by molar-refractivity contribution is 7.88. The van der Waals surface area contributed by atoms with Gasteiger partial charge in [-0.2, -0.15) is 4.31 Å². The molecule has 2 rings (SSSR count). The average Bonchev–Trinajstić information content (AvgIpc) is 2.94. The fourth-order valence-electron chi connectivity index (χ4n) is 3.43. The predicted molar refractivity (Wildman–Crippen MR) is 85.0 cm³/mol. The van der Waals surface area contributed by atoms with Crippen molar-refractivity contribution >= 4 is 15.9 Å². The molecule has 3 atom stereocenters. The average molecular weight is 332 g/mol. The van der Waals surface area contributed by atoms with Crippen LogP contribution in [0.25, 0.3) is 0 Å². The summed E-state index contributed by atoms with van der Waals surface area (Å²) >= 11 is 0. The third kappa shape index (κ3) is 4.67. The van der Waals surface area contributed by atoms with E-state index in [1.807, 2.05) is 0 Å². The zero-order chi connectivity index (χ0) is 16.2. The molecule has 0 radical (unpaired) electrons. The first kappa shape index (κ1) is 17.7. The number of carbonyl (C=O) groups is 1. The van der Waals surface area contributed by atoms with Crippen molar-refractivity contribution in [3.63, 3.8) is 0 Å². The van der Waals surface area contributed by atoms with Gasteiger partial charge in [0.25, 0.3) is 0 Å². The number of hydrogen-bond donors (Lipinski definition) is 1. The van der Waals surface area contributed by atoms with Crippen LogP contribution in [0.1, 0.15) is 45.4 Å². The minimum Gasteiger partial charge on any atom is -0.376 e. The number of rotatable bonds is 6. The van der Waals surface area contributed by atoms with Crippen molar-refractivity contribution in [1.82, 2.24) is 9.62 Å². The lowest BCUT2D eigenvalue weighted by Gasteiger charge is -2.29. The second kappa shape index (κ2) is 7.75. The van der Waals surface area contributed by atoms with E-state index in [2.05, 4.69) is 12.2 Å². The largest absolute Gasteiger partial charge is 0.376 e. The molecule has 1 amide bonds.